The highest BCUT2D eigenvalue weighted by atomic mass is 16.5. The number of rotatable bonds is 2. The molecule has 0 amide bonds. The molecule has 2 unspecified atom stereocenters. The monoisotopic (exact) mass is 333 g/mol. The topological polar surface area (TPSA) is 58.9 Å². The molecule has 126 valence electrons. The van der Waals surface area contributed by atoms with Crippen molar-refractivity contribution in [1.29, 1.82) is 0 Å². The molecule has 0 saturated heterocycles. The fourth-order valence-electron chi connectivity index (χ4n) is 3.73. The first-order chi connectivity index (χ1) is 12.2. The molecule has 0 bridgehead atoms. The molecular formula is C21H19NO3. The largest absolute Gasteiger partial charge is 0.443 e. The minimum Gasteiger partial charge on any atom is -0.443 e. The Balaban J connectivity index is 1.72. The first-order valence-electron chi connectivity index (χ1n) is 8.45. The second-order valence-corrected chi connectivity index (χ2v) is 6.66. The van der Waals surface area contributed by atoms with Crippen molar-refractivity contribution < 1.29 is 14.7 Å². The molecule has 1 N–H and O–H groups in total. The van der Waals surface area contributed by atoms with Crippen LogP contribution in [0.4, 0.5) is 0 Å². The molecule has 1 aliphatic heterocycles. The summed E-state index contributed by atoms with van der Waals surface area (Å²) in [4.78, 5) is 12.9. The van der Waals surface area contributed by atoms with Gasteiger partial charge in [-0.2, -0.15) is 0 Å². The Morgan fingerprint density at radius 2 is 1.72 bits per heavy atom. The summed E-state index contributed by atoms with van der Waals surface area (Å²) in [6, 6.07) is 17.9. The van der Waals surface area contributed by atoms with Crippen LogP contribution in [0.1, 0.15) is 41.4 Å². The number of Topliss-reactive ketones (excluding diaryl/α,β-unsaturated/α-hetero) is 1. The minimum absolute atomic E-state index is 0.0688. The smallest absolute Gasteiger partial charge is 0.242 e. The van der Waals surface area contributed by atoms with Crippen molar-refractivity contribution >= 4 is 11.7 Å². The average Bonchev–Trinajstić information content (AvgIpc) is 3.02. The van der Waals surface area contributed by atoms with E-state index in [0.717, 1.165) is 16.7 Å². The van der Waals surface area contributed by atoms with Crippen molar-refractivity contribution in [3.8, 4) is 0 Å². The summed E-state index contributed by atoms with van der Waals surface area (Å²) in [5.41, 5.74) is 3.82. The number of hydrogen-bond donors (Lipinski definition) is 1. The van der Waals surface area contributed by atoms with Crippen molar-refractivity contribution in [2.24, 2.45) is 5.16 Å². The fraction of sp³-hybridized carbons (Fsp3) is 0.238. The van der Waals surface area contributed by atoms with E-state index < -0.39 is 5.92 Å². The van der Waals surface area contributed by atoms with Crippen LogP contribution >= 0.6 is 0 Å². The number of allylic oxidation sites excluding steroid dienone is 1. The maximum absolute atomic E-state index is 12.9. The predicted octanol–water partition coefficient (Wildman–Crippen LogP) is 4.30. The third-order valence-corrected chi connectivity index (χ3v) is 5.01. The Morgan fingerprint density at radius 1 is 1.00 bits per heavy atom. The van der Waals surface area contributed by atoms with E-state index in [4.69, 9.17) is 4.74 Å². The molecule has 1 aliphatic carbocycles. The van der Waals surface area contributed by atoms with Gasteiger partial charge in [-0.05, 0) is 24.0 Å². The Kier molecular flexibility index (Phi) is 3.88. The highest BCUT2D eigenvalue weighted by Crippen LogP contribution is 2.45. The highest BCUT2D eigenvalue weighted by molar-refractivity contribution is 6.08. The van der Waals surface area contributed by atoms with Crippen LogP contribution in [0.5, 0.6) is 0 Å². The molecule has 1 heterocycles. The van der Waals surface area contributed by atoms with Crippen molar-refractivity contribution in [2.45, 2.75) is 31.6 Å². The van der Waals surface area contributed by atoms with Gasteiger partial charge in [0, 0.05) is 12.8 Å². The number of oxime groups is 1. The number of carbonyl (C=O) groups excluding carboxylic acids is 1. The highest BCUT2D eigenvalue weighted by Gasteiger charge is 2.43. The zero-order valence-corrected chi connectivity index (χ0v) is 14.0. The summed E-state index contributed by atoms with van der Waals surface area (Å²) < 4.78 is 5.79. The summed E-state index contributed by atoms with van der Waals surface area (Å²) in [6.45, 7) is 2.01. The van der Waals surface area contributed by atoms with Crippen LogP contribution in [-0.4, -0.2) is 16.9 Å². The van der Waals surface area contributed by atoms with Crippen molar-refractivity contribution in [3.63, 3.8) is 0 Å². The molecule has 4 rings (SSSR count). The maximum atomic E-state index is 12.9. The first kappa shape index (κ1) is 15.6. The summed E-state index contributed by atoms with van der Waals surface area (Å²) in [5.74, 6) is 0.590. The van der Waals surface area contributed by atoms with Crippen molar-refractivity contribution in [2.75, 3.05) is 0 Å². The number of aryl methyl sites for hydroxylation is 1. The summed E-state index contributed by atoms with van der Waals surface area (Å²) in [7, 11) is 0. The van der Waals surface area contributed by atoms with Gasteiger partial charge < -0.3 is 9.94 Å². The Hall–Kier alpha value is -2.88. The van der Waals surface area contributed by atoms with Crippen LogP contribution in [0.25, 0.3) is 0 Å². The van der Waals surface area contributed by atoms with Gasteiger partial charge in [0.1, 0.15) is 5.76 Å². The molecule has 25 heavy (non-hydrogen) atoms. The van der Waals surface area contributed by atoms with E-state index in [9.17, 15) is 10.0 Å². The second-order valence-electron chi connectivity index (χ2n) is 6.66. The standard InChI is InChI=1S/C21H19NO3/c1-13-7-9-15(10-8-13)19-20-17(23)11-16(14-5-3-2-4-6-14)12-18(20)25-21(19)22-24/h2-10,16,19,24H,11-12H2,1H3/b22-21+. The molecule has 0 spiro atoms. The van der Waals surface area contributed by atoms with Crippen molar-refractivity contribution in [3.05, 3.63) is 82.6 Å². The number of carbonyl (C=O) groups is 1. The Labute approximate surface area is 146 Å². The van der Waals surface area contributed by atoms with Gasteiger partial charge in [0.05, 0.1) is 11.5 Å². The molecule has 0 fully saturated rings. The number of ketones is 1. The molecule has 2 atom stereocenters. The van der Waals surface area contributed by atoms with Crippen LogP contribution in [0.2, 0.25) is 0 Å². The zero-order valence-electron chi connectivity index (χ0n) is 14.0. The Morgan fingerprint density at radius 3 is 2.40 bits per heavy atom. The SMILES string of the molecule is Cc1ccc(C2C3=C(CC(c4ccccc4)CC3=O)O/C2=N/O)cc1. The molecular weight excluding hydrogens is 314 g/mol. The molecule has 4 nitrogen and oxygen atoms in total. The van der Waals surface area contributed by atoms with Gasteiger partial charge >= 0.3 is 0 Å². The van der Waals surface area contributed by atoms with Crippen LogP contribution in [-0.2, 0) is 9.53 Å². The van der Waals surface area contributed by atoms with E-state index >= 15 is 0 Å². The molecule has 0 radical (unpaired) electrons. The van der Waals surface area contributed by atoms with Gasteiger partial charge in [0.15, 0.2) is 5.78 Å². The van der Waals surface area contributed by atoms with E-state index in [0.29, 0.717) is 24.2 Å². The van der Waals surface area contributed by atoms with Gasteiger partial charge in [-0.1, -0.05) is 65.3 Å². The first-order valence-corrected chi connectivity index (χ1v) is 8.45. The molecule has 0 saturated carbocycles. The predicted molar refractivity (Wildman–Crippen MR) is 94.7 cm³/mol. The number of nitrogens with zero attached hydrogens (tertiary/aromatic N) is 1. The van der Waals surface area contributed by atoms with E-state index in [1.54, 1.807) is 0 Å². The van der Waals surface area contributed by atoms with Crippen LogP contribution in [0.3, 0.4) is 0 Å². The third-order valence-electron chi connectivity index (χ3n) is 5.01. The lowest BCUT2D eigenvalue weighted by atomic mass is 9.78. The van der Waals surface area contributed by atoms with Crippen LogP contribution in [0, 0.1) is 6.92 Å². The lowest BCUT2D eigenvalue weighted by Crippen LogP contribution is -2.20. The van der Waals surface area contributed by atoms with E-state index in [1.807, 2.05) is 61.5 Å². The second kappa shape index (κ2) is 6.20. The molecule has 2 aliphatic rings. The van der Waals surface area contributed by atoms with Gasteiger partial charge in [-0.15, -0.1) is 0 Å². The van der Waals surface area contributed by atoms with E-state index in [-0.39, 0.29) is 17.6 Å². The van der Waals surface area contributed by atoms with Gasteiger partial charge in [0.25, 0.3) is 0 Å². The third kappa shape index (κ3) is 2.74. The maximum Gasteiger partial charge on any atom is 0.242 e. The van der Waals surface area contributed by atoms with Gasteiger partial charge in [0.2, 0.25) is 5.90 Å². The lowest BCUT2D eigenvalue weighted by Gasteiger charge is -2.23. The fourth-order valence-corrected chi connectivity index (χ4v) is 3.73. The quantitative estimate of drug-likeness (QED) is 0.658. The Bertz CT molecular complexity index is 866. The normalized spacial score (nSPS) is 24.4. The summed E-state index contributed by atoms with van der Waals surface area (Å²) >= 11 is 0. The van der Waals surface area contributed by atoms with Crippen LogP contribution in [0.15, 0.2) is 71.1 Å². The van der Waals surface area contributed by atoms with Crippen molar-refractivity contribution in [1.82, 2.24) is 0 Å². The van der Waals surface area contributed by atoms with E-state index in [1.165, 1.54) is 0 Å². The lowest BCUT2D eigenvalue weighted by molar-refractivity contribution is -0.116. The summed E-state index contributed by atoms with van der Waals surface area (Å²) in [5, 5.41) is 12.7. The van der Waals surface area contributed by atoms with Gasteiger partial charge in [-0.25, -0.2) is 0 Å². The molecule has 4 heteroatoms. The van der Waals surface area contributed by atoms with Crippen LogP contribution < -0.4 is 0 Å². The number of benzene rings is 2. The van der Waals surface area contributed by atoms with Gasteiger partial charge in [-0.3, -0.25) is 4.79 Å². The zero-order chi connectivity index (χ0) is 17.4. The molecule has 2 aromatic carbocycles. The minimum atomic E-state index is -0.412. The van der Waals surface area contributed by atoms with E-state index in [2.05, 4.69) is 5.16 Å². The molecule has 2 aromatic rings. The summed E-state index contributed by atoms with van der Waals surface area (Å²) in [6.07, 6.45) is 1.10. The number of ether oxygens (including phenoxy) is 1. The average molecular weight is 333 g/mol. The number of hydrogen-bond acceptors (Lipinski definition) is 4. The molecule has 0 aromatic heterocycles.